The van der Waals surface area contributed by atoms with E-state index in [2.05, 4.69) is 15.9 Å². The minimum atomic E-state index is -1.12. The van der Waals surface area contributed by atoms with E-state index in [9.17, 15) is 19.2 Å². The molecule has 11 nitrogen and oxygen atoms in total. The fourth-order valence-electron chi connectivity index (χ4n) is 3.59. The van der Waals surface area contributed by atoms with E-state index in [1.54, 1.807) is 6.92 Å². The summed E-state index contributed by atoms with van der Waals surface area (Å²) >= 11 is 3.37. The van der Waals surface area contributed by atoms with Crippen molar-refractivity contribution in [1.29, 1.82) is 0 Å². The molecule has 2 saturated heterocycles. The Morgan fingerprint density at radius 1 is 0.812 bits per heavy atom. The fourth-order valence-corrected chi connectivity index (χ4v) is 4.36. The zero-order chi connectivity index (χ0) is 24.0. The third-order valence-corrected chi connectivity index (χ3v) is 5.45. The van der Waals surface area contributed by atoms with Crippen LogP contribution in [0, 0.1) is 0 Å². The van der Waals surface area contributed by atoms with Gasteiger partial charge in [0, 0.05) is 40.5 Å². The molecule has 0 bridgehead atoms. The van der Waals surface area contributed by atoms with Crippen molar-refractivity contribution in [3.63, 3.8) is 0 Å². The number of esters is 4. The van der Waals surface area contributed by atoms with Crippen LogP contribution in [0.1, 0.15) is 47.5 Å². The van der Waals surface area contributed by atoms with Crippen molar-refractivity contribution in [2.75, 3.05) is 6.61 Å². The molecule has 0 spiro atoms. The second-order valence-electron chi connectivity index (χ2n) is 7.67. The molecular weight excluding hydrogens is 496 g/mol. The molecule has 2 fully saturated rings. The molecule has 8 atom stereocenters. The zero-order valence-corrected chi connectivity index (χ0v) is 20.2. The summed E-state index contributed by atoms with van der Waals surface area (Å²) in [7, 11) is 0. The third kappa shape index (κ3) is 7.98. The number of halogens is 1. The Kier molecular flexibility index (Phi) is 9.86. The van der Waals surface area contributed by atoms with E-state index in [-0.39, 0.29) is 19.1 Å². The van der Waals surface area contributed by atoms with Gasteiger partial charge >= 0.3 is 23.9 Å². The van der Waals surface area contributed by atoms with Crippen LogP contribution in [0.2, 0.25) is 0 Å². The van der Waals surface area contributed by atoms with Crippen molar-refractivity contribution < 1.29 is 52.3 Å². The fraction of sp³-hybridized carbons (Fsp3) is 0.800. The summed E-state index contributed by atoms with van der Waals surface area (Å²) in [4.78, 5) is 46.1. The first-order chi connectivity index (χ1) is 15.0. The normalized spacial score (nSPS) is 34.8. The van der Waals surface area contributed by atoms with Crippen LogP contribution in [0.25, 0.3) is 0 Å². The number of carbonyl (C=O) groups excluding carboxylic acids is 4. The Hall–Kier alpha value is -1.76. The average molecular weight is 525 g/mol. The van der Waals surface area contributed by atoms with Crippen LogP contribution < -0.4 is 0 Å². The van der Waals surface area contributed by atoms with Gasteiger partial charge in [0.1, 0.15) is 29.9 Å². The summed E-state index contributed by atoms with van der Waals surface area (Å²) in [6, 6.07) is 0. The SMILES string of the molecule is CC(=O)OC[C@@H]1C[C@H](OC(C)=O)[C@@H](O[C@@H]2O[C@@H](C)C[C@@H](OC(C)=O)[C@H]2OC(C)=O)[C@H](Br)O1. The molecule has 2 aliphatic heterocycles. The van der Waals surface area contributed by atoms with E-state index in [1.807, 2.05) is 0 Å². The molecule has 2 heterocycles. The Morgan fingerprint density at radius 3 is 1.91 bits per heavy atom. The second-order valence-corrected chi connectivity index (χ2v) is 8.57. The van der Waals surface area contributed by atoms with E-state index < -0.39 is 65.7 Å². The maximum atomic E-state index is 11.7. The van der Waals surface area contributed by atoms with Crippen molar-refractivity contribution in [1.82, 2.24) is 0 Å². The Balaban J connectivity index is 2.21. The highest BCUT2D eigenvalue weighted by Gasteiger charge is 2.48. The van der Waals surface area contributed by atoms with Crippen LogP contribution in [0.5, 0.6) is 0 Å². The van der Waals surface area contributed by atoms with Gasteiger partial charge in [-0.2, -0.15) is 0 Å². The highest BCUT2D eigenvalue weighted by Crippen LogP contribution is 2.34. The number of ether oxygens (including phenoxy) is 7. The van der Waals surface area contributed by atoms with Crippen molar-refractivity contribution in [3.05, 3.63) is 0 Å². The summed E-state index contributed by atoms with van der Waals surface area (Å²) < 4.78 is 38.8. The predicted molar refractivity (Wildman–Crippen MR) is 109 cm³/mol. The minimum absolute atomic E-state index is 0.0243. The standard InChI is InChI=1S/C20H29BrO11/c1-9-6-15(28-11(3)23)18(30-13(5)25)20(27-9)32-17-16(29-12(4)24)7-14(31-19(17)21)8-26-10(2)22/h9,14-20H,6-8H2,1-5H3/t9-,14-,15+,16-,17+,18+,19+,20-/m0/s1. The predicted octanol–water partition coefficient (Wildman–Crippen LogP) is 1.37. The first-order valence-corrected chi connectivity index (χ1v) is 11.1. The number of rotatable bonds is 7. The first-order valence-electron chi connectivity index (χ1n) is 10.2. The molecule has 182 valence electrons. The molecular formula is C20H29BrO11. The number of hydrogen-bond donors (Lipinski definition) is 0. The van der Waals surface area contributed by atoms with Crippen molar-refractivity contribution in [3.8, 4) is 0 Å². The largest absolute Gasteiger partial charge is 0.463 e. The highest BCUT2D eigenvalue weighted by molar-refractivity contribution is 9.09. The lowest BCUT2D eigenvalue weighted by atomic mass is 10.0. The molecule has 0 amide bonds. The van der Waals surface area contributed by atoms with Gasteiger partial charge in [-0.05, 0) is 6.92 Å². The monoisotopic (exact) mass is 524 g/mol. The third-order valence-electron chi connectivity index (χ3n) is 4.71. The first kappa shape index (κ1) is 26.5. The molecule has 2 rings (SSSR count). The van der Waals surface area contributed by atoms with Crippen molar-refractivity contribution in [2.45, 2.75) is 95.4 Å². The number of carbonyl (C=O) groups is 4. The molecule has 0 aromatic heterocycles. The van der Waals surface area contributed by atoms with Gasteiger partial charge in [-0.15, -0.1) is 0 Å². The zero-order valence-electron chi connectivity index (χ0n) is 18.6. The maximum Gasteiger partial charge on any atom is 0.303 e. The minimum Gasteiger partial charge on any atom is -0.463 e. The van der Waals surface area contributed by atoms with Gasteiger partial charge in [-0.3, -0.25) is 19.2 Å². The summed E-state index contributed by atoms with van der Waals surface area (Å²) in [5, 5.41) is -0.771. The lowest BCUT2D eigenvalue weighted by molar-refractivity contribution is -0.306. The summed E-state index contributed by atoms with van der Waals surface area (Å²) in [5.74, 6) is -2.14. The summed E-state index contributed by atoms with van der Waals surface area (Å²) in [6.07, 6.45) is -5.02. The van der Waals surface area contributed by atoms with Crippen LogP contribution in [-0.4, -0.2) is 78.4 Å². The Morgan fingerprint density at radius 2 is 1.38 bits per heavy atom. The maximum absolute atomic E-state index is 11.7. The summed E-state index contributed by atoms with van der Waals surface area (Å²) in [5.41, 5.74) is 0. The molecule has 0 aromatic rings. The van der Waals surface area contributed by atoms with Crippen LogP contribution >= 0.6 is 15.9 Å². The number of hydrogen-bond acceptors (Lipinski definition) is 11. The molecule has 12 heteroatoms. The van der Waals surface area contributed by atoms with Crippen LogP contribution in [-0.2, 0) is 52.3 Å². The quantitative estimate of drug-likeness (QED) is 0.271. The topological polar surface area (TPSA) is 133 Å². The molecule has 0 radical (unpaired) electrons. The van der Waals surface area contributed by atoms with E-state index in [0.717, 1.165) is 0 Å². The van der Waals surface area contributed by atoms with Gasteiger partial charge in [0.05, 0.1) is 12.2 Å². The summed E-state index contributed by atoms with van der Waals surface area (Å²) in [6.45, 7) is 6.75. The highest BCUT2D eigenvalue weighted by atomic mass is 79.9. The smallest absolute Gasteiger partial charge is 0.303 e. The van der Waals surface area contributed by atoms with Gasteiger partial charge in [0.25, 0.3) is 0 Å². The lowest BCUT2D eigenvalue weighted by Gasteiger charge is -2.44. The van der Waals surface area contributed by atoms with Gasteiger partial charge < -0.3 is 33.2 Å². The van der Waals surface area contributed by atoms with E-state index in [0.29, 0.717) is 6.42 Å². The number of alkyl halides is 1. The van der Waals surface area contributed by atoms with Crippen LogP contribution in [0.4, 0.5) is 0 Å². The lowest BCUT2D eigenvalue weighted by Crippen LogP contribution is -2.57. The van der Waals surface area contributed by atoms with Crippen LogP contribution in [0.3, 0.4) is 0 Å². The van der Waals surface area contributed by atoms with Gasteiger partial charge in [0.2, 0.25) is 0 Å². The van der Waals surface area contributed by atoms with Gasteiger partial charge in [0.15, 0.2) is 12.4 Å². The van der Waals surface area contributed by atoms with Gasteiger partial charge in [-0.25, -0.2) is 0 Å². The molecule has 0 aliphatic carbocycles. The molecule has 0 N–H and O–H groups in total. The second kappa shape index (κ2) is 11.9. The molecule has 0 unspecified atom stereocenters. The Labute approximate surface area is 194 Å². The van der Waals surface area contributed by atoms with Crippen molar-refractivity contribution >= 4 is 39.8 Å². The van der Waals surface area contributed by atoms with E-state index in [1.165, 1.54) is 27.7 Å². The molecule has 0 aromatic carbocycles. The molecule has 0 saturated carbocycles. The Bertz CT molecular complexity index is 699. The molecule has 2 aliphatic rings. The van der Waals surface area contributed by atoms with Crippen molar-refractivity contribution in [2.24, 2.45) is 0 Å². The molecule has 32 heavy (non-hydrogen) atoms. The van der Waals surface area contributed by atoms with Crippen LogP contribution in [0.15, 0.2) is 0 Å². The average Bonchev–Trinajstić information content (AvgIpc) is 2.64. The van der Waals surface area contributed by atoms with Gasteiger partial charge in [-0.1, -0.05) is 15.9 Å². The van der Waals surface area contributed by atoms with E-state index in [4.69, 9.17) is 33.2 Å². The van der Waals surface area contributed by atoms with E-state index >= 15 is 0 Å².